The summed E-state index contributed by atoms with van der Waals surface area (Å²) in [6.45, 7) is 0. The van der Waals surface area contributed by atoms with E-state index >= 15 is 0 Å². The number of benzene rings is 7. The summed E-state index contributed by atoms with van der Waals surface area (Å²) in [7, 11) is 0. The molecule has 0 unspecified atom stereocenters. The SMILES string of the molecule is [2H]c1c([2H])c([2H])c(-c2cccc3c2c2ccccc2n3-c2cccc3oc4cccc(-c5nc(-c6ccccc6)nc(-c6ccccc6)n5)c4c23)c([2H])c1[2H]. The lowest BCUT2D eigenvalue weighted by molar-refractivity contribution is 0.669. The van der Waals surface area contributed by atoms with Gasteiger partial charge in [0.2, 0.25) is 0 Å². The lowest BCUT2D eigenvalue weighted by Gasteiger charge is -2.12. The van der Waals surface area contributed by atoms with Gasteiger partial charge in [0.05, 0.1) is 29.0 Å². The van der Waals surface area contributed by atoms with E-state index in [0.717, 1.165) is 55.0 Å². The van der Waals surface area contributed by atoms with E-state index in [1.165, 1.54) is 0 Å². The van der Waals surface area contributed by atoms with Crippen LogP contribution in [0.15, 0.2) is 174 Å². The zero-order chi connectivity index (χ0) is 37.4. The first-order chi connectivity index (χ1) is 26.9. The van der Waals surface area contributed by atoms with Crippen LogP contribution in [-0.2, 0) is 0 Å². The highest BCUT2D eigenvalue weighted by atomic mass is 16.3. The smallest absolute Gasteiger partial charge is 0.164 e. The van der Waals surface area contributed by atoms with E-state index in [4.69, 9.17) is 26.2 Å². The molecule has 10 aromatic rings. The van der Waals surface area contributed by atoms with Gasteiger partial charge in [-0.1, -0.05) is 139 Å². The maximum atomic E-state index is 8.84. The molecule has 0 amide bonds. The van der Waals surface area contributed by atoms with Crippen LogP contribution in [0.25, 0.3) is 94.7 Å². The van der Waals surface area contributed by atoms with Crippen molar-refractivity contribution in [3.8, 4) is 51.0 Å². The van der Waals surface area contributed by atoms with Crippen molar-refractivity contribution < 1.29 is 11.3 Å². The molecule has 0 aliphatic heterocycles. The van der Waals surface area contributed by atoms with Gasteiger partial charge in [0.25, 0.3) is 0 Å². The quantitative estimate of drug-likeness (QED) is 0.187. The normalized spacial score (nSPS) is 13.0. The molecule has 0 aliphatic carbocycles. The summed E-state index contributed by atoms with van der Waals surface area (Å²) in [6.07, 6.45) is 0. The van der Waals surface area contributed by atoms with Crippen molar-refractivity contribution in [1.82, 2.24) is 19.5 Å². The summed E-state index contributed by atoms with van der Waals surface area (Å²) >= 11 is 0. The predicted octanol–water partition coefficient (Wildman–Crippen LogP) is 11.5. The maximum absolute atomic E-state index is 8.84. The first kappa shape index (κ1) is 23.5. The Hall–Kier alpha value is -6.85. The zero-order valence-electron chi connectivity index (χ0n) is 31.5. The molecule has 0 radical (unpaired) electrons. The van der Waals surface area contributed by atoms with Crippen molar-refractivity contribution in [2.45, 2.75) is 0 Å². The van der Waals surface area contributed by atoms with Crippen LogP contribution in [0.1, 0.15) is 6.85 Å². The number of fused-ring (bicyclic) bond motifs is 6. The van der Waals surface area contributed by atoms with Gasteiger partial charge in [-0.05, 0) is 41.5 Å². The maximum Gasteiger partial charge on any atom is 0.164 e. The number of hydrogen-bond donors (Lipinski definition) is 0. The largest absolute Gasteiger partial charge is 0.456 e. The second kappa shape index (κ2) is 11.4. The summed E-state index contributed by atoms with van der Waals surface area (Å²) < 4.78 is 51.5. The van der Waals surface area contributed by atoms with Gasteiger partial charge in [0.15, 0.2) is 17.5 Å². The Labute approximate surface area is 294 Å². The zero-order valence-corrected chi connectivity index (χ0v) is 26.5. The minimum Gasteiger partial charge on any atom is -0.456 e. The Morgan fingerprint density at radius 1 is 0.440 bits per heavy atom. The summed E-state index contributed by atoms with van der Waals surface area (Å²) in [5.74, 6) is 1.61. The molecule has 0 N–H and O–H groups in total. The van der Waals surface area contributed by atoms with Crippen molar-refractivity contribution in [2.75, 3.05) is 0 Å². The number of hydrogen-bond acceptors (Lipinski definition) is 4. The molecule has 0 saturated heterocycles. The van der Waals surface area contributed by atoms with Crippen LogP contribution in [0.3, 0.4) is 0 Å². The van der Waals surface area contributed by atoms with Crippen molar-refractivity contribution in [1.29, 1.82) is 0 Å². The number of nitrogens with zero attached hydrogens (tertiary/aromatic N) is 4. The number of para-hydroxylation sites is 1. The molecule has 10 rings (SSSR count). The highest BCUT2D eigenvalue weighted by Crippen LogP contribution is 2.43. The topological polar surface area (TPSA) is 56.7 Å². The minimum absolute atomic E-state index is 0.159. The molecule has 5 heteroatoms. The molecule has 3 aromatic heterocycles. The van der Waals surface area contributed by atoms with Gasteiger partial charge in [-0.3, -0.25) is 0 Å². The highest BCUT2D eigenvalue weighted by molar-refractivity contribution is 6.19. The molecule has 0 fully saturated rings. The first-order valence-electron chi connectivity index (χ1n) is 18.8. The molecule has 7 aromatic carbocycles. The minimum atomic E-state index is -0.423. The summed E-state index contributed by atoms with van der Waals surface area (Å²) in [4.78, 5) is 15.0. The van der Waals surface area contributed by atoms with Crippen molar-refractivity contribution in [2.24, 2.45) is 0 Å². The Kier molecular flexibility index (Phi) is 5.35. The van der Waals surface area contributed by atoms with Crippen molar-refractivity contribution >= 4 is 43.7 Å². The van der Waals surface area contributed by atoms with E-state index in [1.54, 1.807) is 0 Å². The van der Waals surface area contributed by atoms with Crippen LogP contribution >= 0.6 is 0 Å². The van der Waals surface area contributed by atoms with E-state index in [2.05, 4.69) is 10.6 Å². The van der Waals surface area contributed by atoms with Crippen LogP contribution in [0.4, 0.5) is 0 Å². The fourth-order valence-electron chi connectivity index (χ4n) is 7.02. The van der Waals surface area contributed by atoms with Crippen LogP contribution in [0.2, 0.25) is 0 Å². The Balaban J connectivity index is 1.28. The summed E-state index contributed by atoms with van der Waals surface area (Å²) in [5, 5.41) is 3.35. The average molecular weight is 646 g/mol. The molecule has 234 valence electrons. The summed E-state index contributed by atoms with van der Waals surface area (Å²) in [5.41, 5.74) is 7.11. The van der Waals surface area contributed by atoms with Gasteiger partial charge in [-0.25, -0.2) is 15.0 Å². The standard InChI is InChI=1S/C45H28N4O/c1-4-15-29(16-5-1)32-22-12-25-36-40(32)33-21-10-11-24-35(33)49(36)37-26-14-28-39-42(37)41-34(23-13-27-38(41)50-39)45-47-43(30-17-6-2-7-18-30)46-44(48-45)31-19-8-3-9-20-31/h1-28H/i1D,4D,5D,15D,16D. The number of furan rings is 1. The van der Waals surface area contributed by atoms with Gasteiger partial charge in [0.1, 0.15) is 11.2 Å². The first-order valence-corrected chi connectivity index (χ1v) is 16.3. The van der Waals surface area contributed by atoms with Crippen LogP contribution in [-0.4, -0.2) is 19.5 Å². The van der Waals surface area contributed by atoms with Crippen LogP contribution in [0.5, 0.6) is 0 Å². The molecular formula is C45H28N4O. The van der Waals surface area contributed by atoms with Gasteiger partial charge in [-0.15, -0.1) is 0 Å². The van der Waals surface area contributed by atoms with Crippen LogP contribution in [0, 0.1) is 0 Å². The second-order valence-electron chi connectivity index (χ2n) is 12.0. The lowest BCUT2D eigenvalue weighted by atomic mass is 9.99. The molecule has 0 bridgehead atoms. The number of rotatable bonds is 5. The summed E-state index contributed by atoms with van der Waals surface area (Å²) in [6, 6.07) is 43.6. The third-order valence-electron chi connectivity index (χ3n) is 9.15. The van der Waals surface area contributed by atoms with Crippen molar-refractivity contribution in [3.63, 3.8) is 0 Å². The second-order valence-corrected chi connectivity index (χ2v) is 12.0. The van der Waals surface area contributed by atoms with Crippen LogP contribution < -0.4 is 0 Å². The fourth-order valence-corrected chi connectivity index (χ4v) is 7.02. The Morgan fingerprint density at radius 2 is 1.02 bits per heavy atom. The third kappa shape index (κ3) is 4.45. The highest BCUT2D eigenvalue weighted by Gasteiger charge is 2.22. The van der Waals surface area contributed by atoms with E-state index in [1.807, 2.05) is 133 Å². The van der Waals surface area contributed by atoms with Crippen molar-refractivity contribution in [3.05, 3.63) is 170 Å². The monoisotopic (exact) mass is 645 g/mol. The number of aromatic nitrogens is 4. The van der Waals surface area contributed by atoms with Gasteiger partial charge in [0, 0.05) is 32.8 Å². The molecule has 0 saturated carbocycles. The Morgan fingerprint density at radius 3 is 1.76 bits per heavy atom. The molecule has 5 nitrogen and oxygen atoms in total. The van der Waals surface area contributed by atoms with E-state index in [-0.39, 0.29) is 29.7 Å². The fraction of sp³-hybridized carbons (Fsp3) is 0. The molecule has 0 spiro atoms. The third-order valence-corrected chi connectivity index (χ3v) is 9.15. The molecular weight excluding hydrogens is 613 g/mol. The predicted molar refractivity (Wildman–Crippen MR) is 203 cm³/mol. The molecule has 50 heavy (non-hydrogen) atoms. The van der Waals surface area contributed by atoms with E-state index in [0.29, 0.717) is 34.2 Å². The molecule has 0 atom stereocenters. The molecule has 3 heterocycles. The average Bonchev–Trinajstić information content (AvgIpc) is 3.79. The lowest BCUT2D eigenvalue weighted by Crippen LogP contribution is -2.00. The molecule has 0 aliphatic rings. The van der Waals surface area contributed by atoms with E-state index in [9.17, 15) is 0 Å². The van der Waals surface area contributed by atoms with Gasteiger partial charge >= 0.3 is 0 Å². The van der Waals surface area contributed by atoms with Gasteiger partial charge in [-0.2, -0.15) is 0 Å². The van der Waals surface area contributed by atoms with Gasteiger partial charge < -0.3 is 8.98 Å². The van der Waals surface area contributed by atoms with E-state index < -0.39 is 6.04 Å². The Bertz CT molecular complexity index is 3070.